The highest BCUT2D eigenvalue weighted by molar-refractivity contribution is 7.98. The van der Waals surface area contributed by atoms with E-state index in [1.165, 1.54) is 41.5 Å². The lowest BCUT2D eigenvalue weighted by Gasteiger charge is -2.15. The molecule has 1 atom stereocenters. The van der Waals surface area contributed by atoms with E-state index in [4.69, 9.17) is 9.94 Å². The molecular formula is C14H18N2O5S2. The maximum absolute atomic E-state index is 12.3. The van der Waals surface area contributed by atoms with Gasteiger partial charge in [-0.3, -0.25) is 10.0 Å². The highest BCUT2D eigenvalue weighted by atomic mass is 32.2. The molecule has 0 heterocycles. The third-order valence-corrected chi connectivity index (χ3v) is 4.76. The van der Waals surface area contributed by atoms with Crippen molar-refractivity contribution in [1.29, 1.82) is 0 Å². The van der Waals surface area contributed by atoms with Gasteiger partial charge in [-0.2, -0.15) is 16.5 Å². The summed E-state index contributed by atoms with van der Waals surface area (Å²) in [6.45, 7) is 1.88. The van der Waals surface area contributed by atoms with Crippen LogP contribution < -0.4 is 14.9 Å². The molecule has 0 bridgehead atoms. The monoisotopic (exact) mass is 358 g/mol. The topological polar surface area (TPSA) is 105 Å². The van der Waals surface area contributed by atoms with Crippen LogP contribution in [0.15, 0.2) is 29.2 Å². The van der Waals surface area contributed by atoms with Gasteiger partial charge in [-0.1, -0.05) is 12.8 Å². The smallest absolute Gasteiger partial charge is 0.262 e. The van der Waals surface area contributed by atoms with Crippen LogP contribution in [0.5, 0.6) is 5.75 Å². The number of nitrogens with one attached hydrogen (secondary N) is 2. The molecule has 9 heteroatoms. The van der Waals surface area contributed by atoms with Crippen molar-refractivity contribution in [1.82, 2.24) is 10.2 Å². The minimum absolute atomic E-state index is 0.0230. The number of ether oxygens (including phenoxy) is 1. The van der Waals surface area contributed by atoms with Crippen LogP contribution in [-0.4, -0.2) is 37.6 Å². The molecule has 7 nitrogen and oxygen atoms in total. The van der Waals surface area contributed by atoms with Crippen molar-refractivity contribution in [3.8, 4) is 17.8 Å². The van der Waals surface area contributed by atoms with Crippen molar-refractivity contribution < 1.29 is 23.2 Å². The highest BCUT2D eigenvalue weighted by Gasteiger charge is 2.25. The van der Waals surface area contributed by atoms with Gasteiger partial charge in [-0.15, -0.1) is 0 Å². The maximum atomic E-state index is 12.3. The van der Waals surface area contributed by atoms with Crippen molar-refractivity contribution in [2.45, 2.75) is 24.3 Å². The van der Waals surface area contributed by atoms with Crippen LogP contribution in [0.3, 0.4) is 0 Å². The number of hydroxylamine groups is 1. The quantitative estimate of drug-likeness (QED) is 0.381. The molecule has 0 fully saturated rings. The van der Waals surface area contributed by atoms with Crippen LogP contribution in [-0.2, 0) is 14.8 Å². The molecule has 0 aliphatic carbocycles. The van der Waals surface area contributed by atoms with E-state index in [0.29, 0.717) is 12.2 Å². The Morgan fingerprint density at radius 2 is 2.04 bits per heavy atom. The Labute approximate surface area is 139 Å². The summed E-state index contributed by atoms with van der Waals surface area (Å²) >= 11 is 1.27. The van der Waals surface area contributed by atoms with Gasteiger partial charge in [0.25, 0.3) is 5.91 Å². The molecule has 0 saturated carbocycles. The zero-order valence-electron chi connectivity index (χ0n) is 12.7. The van der Waals surface area contributed by atoms with E-state index in [-0.39, 0.29) is 10.6 Å². The fourth-order valence-corrected chi connectivity index (χ4v) is 3.39. The Kier molecular flexibility index (Phi) is 7.91. The molecule has 0 aliphatic heterocycles. The van der Waals surface area contributed by atoms with E-state index < -0.39 is 22.0 Å². The molecule has 0 saturated heterocycles. The van der Waals surface area contributed by atoms with Crippen LogP contribution in [0.4, 0.5) is 0 Å². The van der Waals surface area contributed by atoms with Crippen molar-refractivity contribution in [2.24, 2.45) is 0 Å². The Hall–Kier alpha value is -1.73. The van der Waals surface area contributed by atoms with E-state index in [1.807, 2.05) is 6.92 Å². The molecular weight excluding hydrogens is 340 g/mol. The molecule has 3 N–H and O–H groups in total. The summed E-state index contributed by atoms with van der Waals surface area (Å²) in [6.07, 6.45) is 4.85. The number of amides is 1. The maximum Gasteiger partial charge on any atom is 0.262 e. The van der Waals surface area contributed by atoms with Gasteiger partial charge in [0.1, 0.15) is 17.9 Å². The molecule has 0 aliphatic rings. The predicted octanol–water partition coefficient (Wildman–Crippen LogP) is 0.952. The average molecular weight is 358 g/mol. The Balaban J connectivity index is 2.88. The molecule has 1 aromatic carbocycles. The third kappa shape index (κ3) is 6.11. The summed E-state index contributed by atoms with van der Waals surface area (Å²) in [5, 5.41) is 8.67. The molecule has 0 spiro atoms. The average Bonchev–Trinajstić information content (AvgIpc) is 2.54. The van der Waals surface area contributed by atoms with Crippen molar-refractivity contribution in [3.05, 3.63) is 24.3 Å². The number of hydrogen-bond acceptors (Lipinski definition) is 6. The molecule has 1 aromatic rings. The van der Waals surface area contributed by atoms with E-state index in [2.05, 4.69) is 16.7 Å². The number of carbonyl (C=O) groups is 1. The fraction of sp³-hybridized carbons (Fsp3) is 0.357. The minimum Gasteiger partial charge on any atom is -0.408 e. The zero-order chi connectivity index (χ0) is 17.3. The molecule has 0 aromatic heterocycles. The third-order valence-electron chi connectivity index (χ3n) is 2.61. The standard InChI is InChI=1S/C14H18N2O5S2/c1-3-4-9-21-11-5-7-12(8-6-11)23(19,20)16-13(10-22-2)14(17)15-18/h5-8,13,16,18H,3,10H2,1-2H3,(H,15,17). The molecule has 23 heavy (non-hydrogen) atoms. The van der Waals surface area contributed by atoms with Crippen LogP contribution in [0.25, 0.3) is 0 Å². The lowest BCUT2D eigenvalue weighted by Crippen LogP contribution is -2.47. The van der Waals surface area contributed by atoms with Crippen molar-refractivity contribution >= 4 is 27.7 Å². The highest BCUT2D eigenvalue weighted by Crippen LogP contribution is 2.16. The summed E-state index contributed by atoms with van der Waals surface area (Å²) in [6, 6.07) is 4.55. The summed E-state index contributed by atoms with van der Waals surface area (Å²) in [5.41, 5.74) is 1.45. The first-order valence-corrected chi connectivity index (χ1v) is 9.52. The van der Waals surface area contributed by atoms with Crippen LogP contribution >= 0.6 is 11.8 Å². The molecule has 1 rings (SSSR count). The molecule has 126 valence electrons. The van der Waals surface area contributed by atoms with E-state index >= 15 is 0 Å². The van der Waals surface area contributed by atoms with Gasteiger partial charge in [0, 0.05) is 12.2 Å². The van der Waals surface area contributed by atoms with Gasteiger partial charge in [0.05, 0.1) is 4.90 Å². The Morgan fingerprint density at radius 1 is 1.39 bits per heavy atom. The van der Waals surface area contributed by atoms with Crippen LogP contribution in [0.1, 0.15) is 13.3 Å². The van der Waals surface area contributed by atoms with Crippen molar-refractivity contribution in [3.63, 3.8) is 0 Å². The van der Waals surface area contributed by atoms with Gasteiger partial charge < -0.3 is 4.74 Å². The molecule has 0 radical (unpaired) electrons. The first-order chi connectivity index (χ1) is 10.9. The fourth-order valence-electron chi connectivity index (χ4n) is 1.52. The van der Waals surface area contributed by atoms with Gasteiger partial charge in [0.15, 0.2) is 0 Å². The second kappa shape index (κ2) is 9.42. The normalized spacial score (nSPS) is 12.0. The van der Waals surface area contributed by atoms with E-state index in [1.54, 1.807) is 6.26 Å². The number of hydrogen-bond donors (Lipinski definition) is 3. The van der Waals surface area contributed by atoms with Gasteiger partial charge in [-0.25, -0.2) is 13.9 Å². The summed E-state index contributed by atoms with van der Waals surface area (Å²) in [7, 11) is -3.91. The predicted molar refractivity (Wildman–Crippen MR) is 87.6 cm³/mol. The van der Waals surface area contributed by atoms with Crippen molar-refractivity contribution in [2.75, 3.05) is 12.0 Å². The van der Waals surface area contributed by atoms with Crippen LogP contribution in [0, 0.1) is 12.0 Å². The molecule has 1 unspecified atom stereocenters. The first-order valence-electron chi connectivity index (χ1n) is 6.64. The Morgan fingerprint density at radius 3 is 2.57 bits per heavy atom. The van der Waals surface area contributed by atoms with Gasteiger partial charge in [-0.05, 0) is 30.5 Å². The lowest BCUT2D eigenvalue weighted by molar-refractivity contribution is -0.130. The number of carbonyl (C=O) groups excluding carboxylic acids is 1. The minimum atomic E-state index is -3.91. The second-order valence-electron chi connectivity index (χ2n) is 4.31. The first kappa shape index (κ1) is 19.3. The number of rotatable bonds is 7. The number of benzene rings is 1. The zero-order valence-corrected chi connectivity index (χ0v) is 14.3. The van der Waals surface area contributed by atoms with Gasteiger partial charge in [0.2, 0.25) is 10.0 Å². The number of thioether (sulfide) groups is 1. The Bertz CT molecular complexity index is 677. The second-order valence-corrected chi connectivity index (χ2v) is 6.94. The molecule has 1 amide bonds. The number of sulfonamides is 1. The largest absolute Gasteiger partial charge is 0.408 e. The van der Waals surface area contributed by atoms with E-state index in [0.717, 1.165) is 0 Å². The summed E-state index contributed by atoms with van der Waals surface area (Å²) in [5.74, 6) is 2.50. The SMILES string of the molecule is CCC#COc1ccc(S(=O)(=O)NC(CSC)C(=O)NO)cc1. The summed E-state index contributed by atoms with van der Waals surface area (Å²) in [4.78, 5) is 11.5. The van der Waals surface area contributed by atoms with Gasteiger partial charge >= 0.3 is 0 Å². The van der Waals surface area contributed by atoms with Crippen LogP contribution in [0.2, 0.25) is 0 Å². The lowest BCUT2D eigenvalue weighted by atomic mass is 10.3. The van der Waals surface area contributed by atoms with E-state index in [9.17, 15) is 13.2 Å². The summed E-state index contributed by atoms with van der Waals surface area (Å²) < 4.78 is 31.9.